The highest BCUT2D eigenvalue weighted by Gasteiger charge is 2.32. The van der Waals surface area contributed by atoms with E-state index < -0.39 is 20.9 Å². The molecule has 0 radical (unpaired) electrons. The van der Waals surface area contributed by atoms with Crippen molar-refractivity contribution in [2.75, 3.05) is 18.4 Å². The third-order valence-corrected chi connectivity index (χ3v) is 6.86. The molecule has 2 amide bonds. The van der Waals surface area contributed by atoms with Gasteiger partial charge in [0.25, 0.3) is 0 Å². The molecule has 2 aromatic rings. The van der Waals surface area contributed by atoms with Gasteiger partial charge in [-0.15, -0.1) is 0 Å². The molecule has 0 spiro atoms. The lowest BCUT2D eigenvalue weighted by molar-refractivity contribution is 0.200. The predicted octanol–water partition coefficient (Wildman–Crippen LogP) is 3.60. The molecule has 0 bridgehead atoms. The number of benzene rings is 2. The molecule has 7 heteroatoms. The van der Waals surface area contributed by atoms with E-state index in [0.29, 0.717) is 25.9 Å². The van der Waals surface area contributed by atoms with Gasteiger partial charge < -0.3 is 10.2 Å². The van der Waals surface area contributed by atoms with Crippen LogP contribution in [-0.4, -0.2) is 37.7 Å². The summed E-state index contributed by atoms with van der Waals surface area (Å²) < 4.78 is 38.3. The van der Waals surface area contributed by atoms with Gasteiger partial charge in [-0.3, -0.25) is 0 Å². The summed E-state index contributed by atoms with van der Waals surface area (Å²) in [6, 6.07) is 12.2. The molecular weight excluding hydrogens is 355 g/mol. The van der Waals surface area contributed by atoms with Crippen LogP contribution in [0.5, 0.6) is 0 Å². The Morgan fingerprint density at radius 3 is 2.38 bits per heavy atom. The van der Waals surface area contributed by atoms with E-state index in [1.807, 2.05) is 31.2 Å². The molecule has 2 aromatic carbocycles. The van der Waals surface area contributed by atoms with Gasteiger partial charge in [-0.1, -0.05) is 12.1 Å². The van der Waals surface area contributed by atoms with E-state index in [9.17, 15) is 17.6 Å². The Balaban J connectivity index is 1.61. The second-order valence-electron chi connectivity index (χ2n) is 6.48. The van der Waals surface area contributed by atoms with Gasteiger partial charge >= 0.3 is 6.03 Å². The van der Waals surface area contributed by atoms with Crippen molar-refractivity contribution in [1.82, 2.24) is 4.90 Å². The van der Waals surface area contributed by atoms with Crippen LogP contribution in [0.2, 0.25) is 0 Å². The molecule has 1 fully saturated rings. The highest BCUT2D eigenvalue weighted by atomic mass is 32.2. The van der Waals surface area contributed by atoms with E-state index in [4.69, 9.17) is 0 Å². The second kappa shape index (κ2) is 7.45. The second-order valence-corrected chi connectivity index (χ2v) is 8.71. The zero-order valence-corrected chi connectivity index (χ0v) is 15.3. The van der Waals surface area contributed by atoms with Gasteiger partial charge in [0.15, 0.2) is 9.84 Å². The zero-order valence-electron chi connectivity index (χ0n) is 14.5. The first-order valence-electron chi connectivity index (χ1n) is 8.48. The number of likely N-dealkylation sites (tertiary alicyclic amines) is 1. The largest absolute Gasteiger partial charge is 0.324 e. The lowest BCUT2D eigenvalue weighted by atomic mass is 10.1. The number of aryl methyl sites for hydroxylation is 1. The molecule has 0 aromatic heterocycles. The minimum absolute atomic E-state index is 0.126. The lowest BCUT2D eigenvalue weighted by Gasteiger charge is -2.31. The number of halogens is 1. The number of carbonyl (C=O) groups is 1. The summed E-state index contributed by atoms with van der Waals surface area (Å²) in [5.74, 6) is -0.466. The van der Waals surface area contributed by atoms with Gasteiger partial charge in [-0.05, 0) is 61.7 Å². The number of rotatable bonds is 3. The maximum absolute atomic E-state index is 13.0. The normalized spacial score (nSPS) is 15.7. The third kappa shape index (κ3) is 4.04. The van der Waals surface area contributed by atoms with E-state index in [-0.39, 0.29) is 10.9 Å². The van der Waals surface area contributed by atoms with Crippen molar-refractivity contribution in [2.45, 2.75) is 29.9 Å². The van der Waals surface area contributed by atoms with Crippen LogP contribution in [-0.2, 0) is 9.84 Å². The zero-order chi connectivity index (χ0) is 18.7. The molecule has 1 saturated heterocycles. The molecule has 138 valence electrons. The standard InChI is InChI=1S/C19H21FN2O3S/c1-14-3-2-4-16(13-14)21-19(23)22-11-9-18(10-12-22)26(24,25)17-7-5-15(20)6-8-17/h2-8,13,18H,9-12H2,1H3,(H,21,23). The Labute approximate surface area is 152 Å². The molecule has 3 rings (SSSR count). The molecule has 26 heavy (non-hydrogen) atoms. The van der Waals surface area contributed by atoms with Crippen LogP contribution >= 0.6 is 0 Å². The average molecular weight is 376 g/mol. The topological polar surface area (TPSA) is 66.5 Å². The molecule has 0 saturated carbocycles. The van der Waals surface area contributed by atoms with Crippen molar-refractivity contribution in [3.05, 3.63) is 59.9 Å². The number of sulfone groups is 1. The average Bonchev–Trinajstić information content (AvgIpc) is 2.62. The molecule has 1 heterocycles. The van der Waals surface area contributed by atoms with E-state index in [0.717, 1.165) is 23.4 Å². The van der Waals surface area contributed by atoms with Crippen LogP contribution in [0.25, 0.3) is 0 Å². The Hall–Kier alpha value is -2.41. The van der Waals surface area contributed by atoms with Crippen molar-refractivity contribution in [1.29, 1.82) is 0 Å². The summed E-state index contributed by atoms with van der Waals surface area (Å²) in [6.45, 7) is 2.67. The van der Waals surface area contributed by atoms with Gasteiger partial charge in [0, 0.05) is 18.8 Å². The Bertz CT molecular complexity index is 889. The third-order valence-electron chi connectivity index (χ3n) is 4.58. The summed E-state index contributed by atoms with van der Waals surface area (Å²) in [5, 5.41) is 2.28. The molecule has 0 atom stereocenters. The molecule has 1 aliphatic heterocycles. The maximum atomic E-state index is 13.0. The summed E-state index contributed by atoms with van der Waals surface area (Å²) in [6.07, 6.45) is 0.724. The monoisotopic (exact) mass is 376 g/mol. The number of hydrogen-bond acceptors (Lipinski definition) is 3. The number of carbonyl (C=O) groups excluding carboxylic acids is 1. The maximum Gasteiger partial charge on any atom is 0.321 e. The Morgan fingerprint density at radius 1 is 1.12 bits per heavy atom. The Morgan fingerprint density at radius 2 is 1.77 bits per heavy atom. The fourth-order valence-electron chi connectivity index (χ4n) is 3.11. The molecule has 0 aliphatic carbocycles. The number of anilines is 1. The smallest absolute Gasteiger partial charge is 0.321 e. The summed E-state index contributed by atoms with van der Waals surface area (Å²) in [7, 11) is -3.52. The SMILES string of the molecule is Cc1cccc(NC(=O)N2CCC(S(=O)(=O)c3ccc(F)cc3)CC2)c1. The van der Waals surface area contributed by atoms with Gasteiger partial charge in [-0.25, -0.2) is 17.6 Å². The fourth-order valence-corrected chi connectivity index (χ4v) is 4.84. The summed E-state index contributed by atoms with van der Waals surface area (Å²) in [4.78, 5) is 14.1. The fraction of sp³-hybridized carbons (Fsp3) is 0.316. The highest BCUT2D eigenvalue weighted by molar-refractivity contribution is 7.92. The lowest BCUT2D eigenvalue weighted by Crippen LogP contribution is -2.44. The molecule has 1 N–H and O–H groups in total. The van der Waals surface area contributed by atoms with Gasteiger partial charge in [-0.2, -0.15) is 0 Å². The summed E-state index contributed by atoms with van der Waals surface area (Å²) in [5.41, 5.74) is 1.77. The molecule has 0 unspecified atom stereocenters. The minimum Gasteiger partial charge on any atom is -0.324 e. The molecular formula is C19H21FN2O3S. The van der Waals surface area contributed by atoms with Crippen molar-refractivity contribution in [3.8, 4) is 0 Å². The van der Waals surface area contributed by atoms with Crippen molar-refractivity contribution in [2.24, 2.45) is 0 Å². The number of piperidine rings is 1. The van der Waals surface area contributed by atoms with Crippen molar-refractivity contribution < 1.29 is 17.6 Å². The van der Waals surface area contributed by atoms with Crippen LogP contribution in [0.15, 0.2) is 53.4 Å². The van der Waals surface area contributed by atoms with Gasteiger partial charge in [0.2, 0.25) is 0 Å². The highest BCUT2D eigenvalue weighted by Crippen LogP contribution is 2.25. The van der Waals surface area contributed by atoms with Crippen LogP contribution < -0.4 is 5.32 Å². The molecule has 5 nitrogen and oxygen atoms in total. The van der Waals surface area contributed by atoms with Crippen LogP contribution in [0.3, 0.4) is 0 Å². The number of amides is 2. The number of nitrogens with one attached hydrogen (secondary N) is 1. The summed E-state index contributed by atoms with van der Waals surface area (Å²) >= 11 is 0. The predicted molar refractivity (Wildman–Crippen MR) is 98.4 cm³/mol. The molecule has 1 aliphatic rings. The van der Waals surface area contributed by atoms with E-state index in [1.54, 1.807) is 4.90 Å². The van der Waals surface area contributed by atoms with E-state index in [1.165, 1.54) is 12.1 Å². The minimum atomic E-state index is -3.52. The number of nitrogens with zero attached hydrogens (tertiary/aromatic N) is 1. The quantitative estimate of drug-likeness (QED) is 0.833. The first kappa shape index (κ1) is 18.4. The Kier molecular flexibility index (Phi) is 5.27. The van der Waals surface area contributed by atoms with E-state index >= 15 is 0 Å². The van der Waals surface area contributed by atoms with Gasteiger partial charge in [0.05, 0.1) is 10.1 Å². The van der Waals surface area contributed by atoms with Crippen LogP contribution in [0.1, 0.15) is 18.4 Å². The van der Waals surface area contributed by atoms with E-state index in [2.05, 4.69) is 5.32 Å². The van der Waals surface area contributed by atoms with Crippen LogP contribution in [0.4, 0.5) is 14.9 Å². The van der Waals surface area contributed by atoms with Crippen molar-refractivity contribution >= 4 is 21.6 Å². The van der Waals surface area contributed by atoms with Crippen LogP contribution in [0, 0.1) is 12.7 Å². The first-order chi connectivity index (χ1) is 12.4. The first-order valence-corrected chi connectivity index (χ1v) is 10.0. The van der Waals surface area contributed by atoms with Crippen molar-refractivity contribution in [3.63, 3.8) is 0 Å². The van der Waals surface area contributed by atoms with Gasteiger partial charge in [0.1, 0.15) is 5.82 Å². The number of urea groups is 1. The number of hydrogen-bond donors (Lipinski definition) is 1.